The van der Waals surface area contributed by atoms with Crippen LogP contribution < -0.4 is 10.2 Å². The SMILES string of the molecule is O=C(CCCC(=O)N1CCN(c2ccccn2)CC1)NCc1ccncc1. The van der Waals surface area contributed by atoms with Crippen molar-refractivity contribution in [3.63, 3.8) is 0 Å². The van der Waals surface area contributed by atoms with Crippen LogP contribution in [-0.4, -0.2) is 52.9 Å². The van der Waals surface area contributed by atoms with Crippen molar-refractivity contribution in [2.45, 2.75) is 25.8 Å². The molecule has 3 heterocycles. The summed E-state index contributed by atoms with van der Waals surface area (Å²) in [6.07, 6.45) is 6.53. The molecule has 0 bridgehead atoms. The third-order valence-corrected chi connectivity index (χ3v) is 4.64. The van der Waals surface area contributed by atoms with Gasteiger partial charge in [0.25, 0.3) is 0 Å². The van der Waals surface area contributed by atoms with Gasteiger partial charge in [0.1, 0.15) is 5.82 Å². The molecule has 3 rings (SSSR count). The molecule has 142 valence electrons. The average molecular weight is 367 g/mol. The first kappa shape index (κ1) is 18.8. The predicted molar refractivity (Wildman–Crippen MR) is 103 cm³/mol. The fourth-order valence-electron chi connectivity index (χ4n) is 3.07. The van der Waals surface area contributed by atoms with Gasteiger partial charge in [-0.15, -0.1) is 0 Å². The van der Waals surface area contributed by atoms with E-state index < -0.39 is 0 Å². The largest absolute Gasteiger partial charge is 0.353 e. The van der Waals surface area contributed by atoms with E-state index in [0.29, 0.717) is 38.9 Å². The molecule has 2 amide bonds. The summed E-state index contributed by atoms with van der Waals surface area (Å²) in [7, 11) is 0. The van der Waals surface area contributed by atoms with Gasteiger partial charge < -0.3 is 15.1 Å². The summed E-state index contributed by atoms with van der Waals surface area (Å²) in [5.74, 6) is 1.05. The van der Waals surface area contributed by atoms with Crippen molar-refractivity contribution in [2.75, 3.05) is 31.1 Å². The van der Waals surface area contributed by atoms with E-state index in [0.717, 1.165) is 24.5 Å². The molecule has 7 nitrogen and oxygen atoms in total. The Labute approximate surface area is 159 Å². The average Bonchev–Trinajstić information content (AvgIpc) is 2.74. The molecule has 2 aromatic heterocycles. The number of piperazine rings is 1. The molecule has 1 aliphatic heterocycles. The van der Waals surface area contributed by atoms with Gasteiger partial charge in [-0.05, 0) is 36.2 Å². The van der Waals surface area contributed by atoms with E-state index in [4.69, 9.17) is 0 Å². The highest BCUT2D eigenvalue weighted by Crippen LogP contribution is 2.13. The first-order valence-corrected chi connectivity index (χ1v) is 9.32. The monoisotopic (exact) mass is 367 g/mol. The van der Waals surface area contributed by atoms with Gasteiger partial charge in [0.2, 0.25) is 11.8 Å². The van der Waals surface area contributed by atoms with Gasteiger partial charge in [0.05, 0.1) is 0 Å². The van der Waals surface area contributed by atoms with Gasteiger partial charge >= 0.3 is 0 Å². The summed E-state index contributed by atoms with van der Waals surface area (Å²) < 4.78 is 0. The van der Waals surface area contributed by atoms with Crippen molar-refractivity contribution in [1.82, 2.24) is 20.2 Å². The van der Waals surface area contributed by atoms with E-state index in [1.54, 1.807) is 18.6 Å². The summed E-state index contributed by atoms with van der Waals surface area (Å²) in [5.41, 5.74) is 1.01. The number of carbonyl (C=O) groups is 2. The van der Waals surface area contributed by atoms with Crippen LogP contribution in [0.25, 0.3) is 0 Å². The number of amides is 2. The standard InChI is InChI=1S/C20H25N5O2/c26-19(23-16-17-7-10-21-11-8-17)5-3-6-20(27)25-14-12-24(13-15-25)18-4-1-2-9-22-18/h1-2,4,7-11H,3,5-6,12-16H2,(H,23,26). The maximum absolute atomic E-state index is 12.4. The Morgan fingerprint density at radius 3 is 2.44 bits per heavy atom. The molecule has 0 radical (unpaired) electrons. The van der Waals surface area contributed by atoms with Crippen molar-refractivity contribution in [3.8, 4) is 0 Å². The molecule has 0 saturated carbocycles. The van der Waals surface area contributed by atoms with Crippen LogP contribution in [0.4, 0.5) is 5.82 Å². The zero-order valence-electron chi connectivity index (χ0n) is 15.4. The summed E-state index contributed by atoms with van der Waals surface area (Å²) in [5, 5.41) is 2.87. The Kier molecular flexibility index (Phi) is 6.73. The maximum atomic E-state index is 12.4. The molecule has 0 unspecified atom stereocenters. The molecule has 7 heteroatoms. The van der Waals surface area contributed by atoms with E-state index in [1.807, 2.05) is 35.2 Å². The number of pyridine rings is 2. The predicted octanol–water partition coefficient (Wildman–Crippen LogP) is 1.61. The van der Waals surface area contributed by atoms with E-state index in [1.165, 1.54) is 0 Å². The second-order valence-electron chi connectivity index (χ2n) is 6.54. The van der Waals surface area contributed by atoms with Crippen molar-refractivity contribution < 1.29 is 9.59 Å². The number of nitrogens with one attached hydrogen (secondary N) is 1. The van der Waals surface area contributed by atoms with Crippen molar-refractivity contribution >= 4 is 17.6 Å². The summed E-state index contributed by atoms with van der Waals surface area (Å²) >= 11 is 0. The molecule has 1 fully saturated rings. The minimum Gasteiger partial charge on any atom is -0.353 e. The Morgan fingerprint density at radius 1 is 0.963 bits per heavy atom. The fraction of sp³-hybridized carbons (Fsp3) is 0.400. The van der Waals surface area contributed by atoms with Gasteiger partial charge in [-0.1, -0.05) is 6.07 Å². The molecule has 0 spiro atoms. The Bertz CT molecular complexity index is 731. The van der Waals surface area contributed by atoms with E-state index in [9.17, 15) is 9.59 Å². The van der Waals surface area contributed by atoms with Gasteiger partial charge in [0.15, 0.2) is 0 Å². The number of hydrogen-bond acceptors (Lipinski definition) is 5. The molecular formula is C20H25N5O2. The maximum Gasteiger partial charge on any atom is 0.222 e. The third-order valence-electron chi connectivity index (χ3n) is 4.64. The molecular weight excluding hydrogens is 342 g/mol. The normalized spacial score (nSPS) is 14.1. The van der Waals surface area contributed by atoms with Crippen molar-refractivity contribution in [3.05, 3.63) is 54.5 Å². The van der Waals surface area contributed by atoms with E-state index in [2.05, 4.69) is 20.2 Å². The van der Waals surface area contributed by atoms with Crippen LogP contribution in [0.3, 0.4) is 0 Å². The topological polar surface area (TPSA) is 78.4 Å². The zero-order chi connectivity index (χ0) is 18.9. The first-order valence-electron chi connectivity index (χ1n) is 9.32. The summed E-state index contributed by atoms with van der Waals surface area (Å²) in [6.45, 7) is 3.46. The highest BCUT2D eigenvalue weighted by Gasteiger charge is 2.21. The van der Waals surface area contributed by atoms with E-state index in [-0.39, 0.29) is 11.8 Å². The summed E-state index contributed by atoms with van der Waals surface area (Å²) in [4.78, 5) is 36.6. The lowest BCUT2D eigenvalue weighted by Crippen LogP contribution is -2.49. The Hall–Kier alpha value is -2.96. The van der Waals surface area contributed by atoms with Crippen LogP contribution in [0, 0.1) is 0 Å². The molecule has 1 aliphatic rings. The Morgan fingerprint density at radius 2 is 1.74 bits per heavy atom. The van der Waals surface area contributed by atoms with Crippen LogP contribution >= 0.6 is 0 Å². The first-order chi connectivity index (χ1) is 13.2. The second kappa shape index (κ2) is 9.66. The lowest BCUT2D eigenvalue weighted by molar-refractivity contribution is -0.131. The fourth-order valence-corrected chi connectivity index (χ4v) is 3.07. The number of carbonyl (C=O) groups excluding carboxylic acids is 2. The number of aromatic nitrogens is 2. The number of hydrogen-bond donors (Lipinski definition) is 1. The lowest BCUT2D eigenvalue weighted by Gasteiger charge is -2.35. The van der Waals surface area contributed by atoms with Gasteiger partial charge in [-0.3, -0.25) is 14.6 Å². The quantitative estimate of drug-likeness (QED) is 0.804. The minimum atomic E-state index is -0.0282. The third kappa shape index (κ3) is 5.77. The van der Waals surface area contributed by atoms with Crippen molar-refractivity contribution in [2.24, 2.45) is 0 Å². The second-order valence-corrected chi connectivity index (χ2v) is 6.54. The number of anilines is 1. The van der Waals surface area contributed by atoms with Crippen LogP contribution in [0.5, 0.6) is 0 Å². The smallest absolute Gasteiger partial charge is 0.222 e. The molecule has 1 N–H and O–H groups in total. The number of rotatable bonds is 7. The molecule has 2 aromatic rings. The highest BCUT2D eigenvalue weighted by molar-refractivity contribution is 5.79. The molecule has 27 heavy (non-hydrogen) atoms. The van der Waals surface area contributed by atoms with Gasteiger partial charge in [-0.2, -0.15) is 0 Å². The highest BCUT2D eigenvalue weighted by atomic mass is 16.2. The van der Waals surface area contributed by atoms with Crippen LogP contribution in [0.15, 0.2) is 48.9 Å². The van der Waals surface area contributed by atoms with E-state index >= 15 is 0 Å². The van der Waals surface area contributed by atoms with Gasteiger partial charge in [-0.25, -0.2) is 4.98 Å². The lowest BCUT2D eigenvalue weighted by atomic mass is 10.2. The van der Waals surface area contributed by atoms with Crippen molar-refractivity contribution in [1.29, 1.82) is 0 Å². The zero-order valence-corrected chi connectivity index (χ0v) is 15.4. The minimum absolute atomic E-state index is 0.0282. The molecule has 0 atom stereocenters. The number of nitrogens with zero attached hydrogens (tertiary/aromatic N) is 4. The molecule has 0 aliphatic carbocycles. The van der Waals surface area contributed by atoms with Crippen LogP contribution in [-0.2, 0) is 16.1 Å². The van der Waals surface area contributed by atoms with Crippen LogP contribution in [0.2, 0.25) is 0 Å². The van der Waals surface area contributed by atoms with Crippen LogP contribution in [0.1, 0.15) is 24.8 Å². The Balaban J connectivity index is 1.32. The van der Waals surface area contributed by atoms with Gasteiger partial charge in [0, 0.05) is 64.2 Å². The summed E-state index contributed by atoms with van der Waals surface area (Å²) in [6, 6.07) is 9.60. The molecule has 1 saturated heterocycles. The molecule has 0 aromatic carbocycles.